The monoisotopic (exact) mass is 237 g/mol. The quantitative estimate of drug-likeness (QED) is 0.568. The summed E-state index contributed by atoms with van der Waals surface area (Å²) in [7, 11) is 0. The summed E-state index contributed by atoms with van der Waals surface area (Å²) in [6.45, 7) is 1.87. The van der Waals surface area contributed by atoms with Gasteiger partial charge in [-0.2, -0.15) is 0 Å². The Labute approximate surface area is 101 Å². The molecule has 0 spiro atoms. The van der Waals surface area contributed by atoms with Gasteiger partial charge < -0.3 is 10.4 Å². The first-order valence-corrected chi connectivity index (χ1v) is 5.91. The summed E-state index contributed by atoms with van der Waals surface area (Å²) in [6, 6.07) is 0. The molecule has 1 aliphatic carbocycles. The zero-order valence-corrected chi connectivity index (χ0v) is 10.1. The second-order valence-corrected chi connectivity index (χ2v) is 4.43. The minimum Gasteiger partial charge on any atom is -0.481 e. The number of allylic oxidation sites excluding steroid dienone is 3. The van der Waals surface area contributed by atoms with Crippen molar-refractivity contribution in [3.05, 3.63) is 24.3 Å². The van der Waals surface area contributed by atoms with Gasteiger partial charge in [0.1, 0.15) is 0 Å². The van der Waals surface area contributed by atoms with Crippen LogP contribution in [0.3, 0.4) is 0 Å². The number of carbonyl (C=O) groups is 2. The molecule has 0 bridgehead atoms. The molecular formula is C13H19NO3. The molecule has 0 radical (unpaired) electrons. The van der Waals surface area contributed by atoms with Gasteiger partial charge in [0.2, 0.25) is 5.91 Å². The van der Waals surface area contributed by atoms with Crippen molar-refractivity contribution >= 4 is 11.9 Å². The van der Waals surface area contributed by atoms with Gasteiger partial charge in [-0.3, -0.25) is 9.59 Å². The van der Waals surface area contributed by atoms with Crippen molar-refractivity contribution in [2.45, 2.75) is 44.6 Å². The van der Waals surface area contributed by atoms with Crippen LogP contribution in [0.2, 0.25) is 0 Å². The fourth-order valence-electron chi connectivity index (χ4n) is 2.24. The van der Waals surface area contributed by atoms with Crippen molar-refractivity contribution in [1.29, 1.82) is 0 Å². The average molecular weight is 237 g/mol. The third kappa shape index (κ3) is 4.43. The molecule has 0 aromatic heterocycles. The van der Waals surface area contributed by atoms with Gasteiger partial charge in [-0.15, -0.1) is 0 Å². The molecule has 0 saturated heterocycles. The predicted octanol–water partition coefficient (Wildman–Crippen LogP) is 2.02. The third-order valence-corrected chi connectivity index (χ3v) is 2.99. The van der Waals surface area contributed by atoms with Crippen molar-refractivity contribution in [2.75, 3.05) is 0 Å². The van der Waals surface area contributed by atoms with Crippen LogP contribution in [0.1, 0.15) is 39.0 Å². The van der Waals surface area contributed by atoms with Crippen LogP contribution in [-0.2, 0) is 9.59 Å². The topological polar surface area (TPSA) is 66.4 Å². The number of carboxylic acids is 1. The van der Waals surface area contributed by atoms with Gasteiger partial charge in [0.05, 0.1) is 12.0 Å². The van der Waals surface area contributed by atoms with Gasteiger partial charge in [0, 0.05) is 6.08 Å². The maximum Gasteiger partial charge on any atom is 0.305 e. The number of carbonyl (C=O) groups excluding carboxylic acids is 1. The second kappa shape index (κ2) is 6.23. The molecule has 0 aromatic carbocycles. The SMILES string of the molecule is CC=CC=CC(=O)NC1(CC(=O)O)CCCC1. The summed E-state index contributed by atoms with van der Waals surface area (Å²) in [5.41, 5.74) is -0.539. The summed E-state index contributed by atoms with van der Waals surface area (Å²) in [5, 5.41) is 11.7. The molecule has 1 fully saturated rings. The lowest BCUT2D eigenvalue weighted by Crippen LogP contribution is -2.47. The largest absolute Gasteiger partial charge is 0.481 e. The number of amides is 1. The molecule has 0 heterocycles. The van der Waals surface area contributed by atoms with Crippen LogP contribution < -0.4 is 5.32 Å². The Kier molecular flexibility index (Phi) is 4.94. The Balaban J connectivity index is 2.60. The van der Waals surface area contributed by atoms with Crippen LogP contribution in [0.25, 0.3) is 0 Å². The van der Waals surface area contributed by atoms with Crippen molar-refractivity contribution in [1.82, 2.24) is 5.32 Å². The minimum atomic E-state index is -0.857. The Morgan fingerprint density at radius 1 is 1.29 bits per heavy atom. The van der Waals surface area contributed by atoms with Crippen LogP contribution in [0.5, 0.6) is 0 Å². The van der Waals surface area contributed by atoms with Crippen LogP contribution in [-0.4, -0.2) is 22.5 Å². The van der Waals surface area contributed by atoms with E-state index >= 15 is 0 Å². The number of hydrogen-bond acceptors (Lipinski definition) is 2. The molecule has 0 unspecified atom stereocenters. The van der Waals surface area contributed by atoms with Gasteiger partial charge in [0.25, 0.3) is 0 Å². The maximum absolute atomic E-state index is 11.6. The Bertz CT molecular complexity index is 339. The molecule has 1 amide bonds. The number of aliphatic carboxylic acids is 1. The van der Waals surface area contributed by atoms with E-state index < -0.39 is 11.5 Å². The molecule has 94 valence electrons. The van der Waals surface area contributed by atoms with Crippen molar-refractivity contribution in [3.63, 3.8) is 0 Å². The van der Waals surface area contributed by atoms with E-state index in [2.05, 4.69) is 5.32 Å². The highest BCUT2D eigenvalue weighted by Crippen LogP contribution is 2.32. The molecular weight excluding hydrogens is 218 g/mol. The highest BCUT2D eigenvalue weighted by Gasteiger charge is 2.36. The van der Waals surface area contributed by atoms with Gasteiger partial charge >= 0.3 is 5.97 Å². The first-order chi connectivity index (χ1) is 8.08. The fourth-order valence-corrected chi connectivity index (χ4v) is 2.24. The van der Waals surface area contributed by atoms with E-state index in [1.54, 1.807) is 12.2 Å². The van der Waals surface area contributed by atoms with Crippen LogP contribution >= 0.6 is 0 Å². The summed E-state index contributed by atoms with van der Waals surface area (Å²) in [6.07, 6.45) is 10.1. The molecule has 2 N–H and O–H groups in total. The summed E-state index contributed by atoms with van der Waals surface area (Å²) < 4.78 is 0. The van der Waals surface area contributed by atoms with Crippen molar-refractivity contribution in [2.24, 2.45) is 0 Å². The highest BCUT2D eigenvalue weighted by molar-refractivity contribution is 5.88. The second-order valence-electron chi connectivity index (χ2n) is 4.43. The van der Waals surface area contributed by atoms with E-state index in [-0.39, 0.29) is 12.3 Å². The lowest BCUT2D eigenvalue weighted by atomic mass is 9.93. The number of rotatable bonds is 5. The van der Waals surface area contributed by atoms with Gasteiger partial charge in [-0.05, 0) is 19.8 Å². The maximum atomic E-state index is 11.6. The molecule has 1 saturated carbocycles. The first-order valence-electron chi connectivity index (χ1n) is 5.91. The Hall–Kier alpha value is -1.58. The normalized spacial score (nSPS) is 18.9. The molecule has 4 heteroatoms. The number of hydrogen-bond donors (Lipinski definition) is 2. The lowest BCUT2D eigenvalue weighted by molar-refractivity contribution is -0.139. The summed E-state index contributed by atoms with van der Waals surface area (Å²) in [5.74, 6) is -1.07. The molecule has 17 heavy (non-hydrogen) atoms. The average Bonchev–Trinajstić information content (AvgIpc) is 2.65. The van der Waals surface area contributed by atoms with Crippen LogP contribution in [0.15, 0.2) is 24.3 Å². The predicted molar refractivity (Wildman–Crippen MR) is 65.5 cm³/mol. The zero-order chi connectivity index (χ0) is 12.7. The zero-order valence-electron chi connectivity index (χ0n) is 10.1. The van der Waals surface area contributed by atoms with Gasteiger partial charge in [-0.25, -0.2) is 0 Å². The Morgan fingerprint density at radius 2 is 1.94 bits per heavy atom. The Morgan fingerprint density at radius 3 is 2.47 bits per heavy atom. The van der Waals surface area contributed by atoms with E-state index in [1.807, 2.05) is 13.0 Å². The third-order valence-electron chi connectivity index (χ3n) is 2.99. The molecule has 0 atom stereocenters. The van der Waals surface area contributed by atoms with Crippen molar-refractivity contribution in [3.8, 4) is 0 Å². The van der Waals surface area contributed by atoms with Crippen molar-refractivity contribution < 1.29 is 14.7 Å². The van der Waals surface area contributed by atoms with E-state index in [1.165, 1.54) is 6.08 Å². The van der Waals surface area contributed by atoms with Gasteiger partial charge in [0.15, 0.2) is 0 Å². The van der Waals surface area contributed by atoms with E-state index in [4.69, 9.17) is 5.11 Å². The smallest absolute Gasteiger partial charge is 0.305 e. The van der Waals surface area contributed by atoms with Crippen LogP contribution in [0.4, 0.5) is 0 Å². The van der Waals surface area contributed by atoms with E-state index in [9.17, 15) is 9.59 Å². The highest BCUT2D eigenvalue weighted by atomic mass is 16.4. The van der Waals surface area contributed by atoms with E-state index in [0.29, 0.717) is 0 Å². The first kappa shape index (κ1) is 13.5. The standard InChI is InChI=1S/C13H19NO3/c1-2-3-4-7-11(15)14-13(10-12(16)17)8-5-6-9-13/h2-4,7H,5-6,8-10H2,1H3,(H,14,15)(H,16,17). The lowest BCUT2D eigenvalue weighted by Gasteiger charge is -2.27. The molecule has 1 aliphatic rings. The molecule has 0 aromatic rings. The molecule has 1 rings (SSSR count). The molecule has 0 aliphatic heterocycles. The number of carboxylic acid groups (broad SMARTS) is 1. The van der Waals surface area contributed by atoms with Gasteiger partial charge in [-0.1, -0.05) is 31.1 Å². The summed E-state index contributed by atoms with van der Waals surface area (Å²) in [4.78, 5) is 22.5. The van der Waals surface area contributed by atoms with E-state index in [0.717, 1.165) is 25.7 Å². The number of nitrogens with one attached hydrogen (secondary N) is 1. The minimum absolute atomic E-state index is 0.0101. The van der Waals surface area contributed by atoms with Crippen LogP contribution in [0, 0.1) is 0 Å². The fraction of sp³-hybridized carbons (Fsp3) is 0.538. The summed E-state index contributed by atoms with van der Waals surface area (Å²) >= 11 is 0. The molecule has 4 nitrogen and oxygen atoms in total.